The van der Waals surface area contributed by atoms with Crippen molar-refractivity contribution in [2.24, 2.45) is 17.8 Å². The summed E-state index contributed by atoms with van der Waals surface area (Å²) < 4.78 is 10.2. The summed E-state index contributed by atoms with van der Waals surface area (Å²) >= 11 is 0. The van der Waals surface area contributed by atoms with Crippen molar-refractivity contribution in [3.05, 3.63) is 35.9 Å². The first-order valence-electron chi connectivity index (χ1n) is 14.2. The molecule has 0 unspecified atom stereocenters. The average molecular weight is 575 g/mol. The van der Waals surface area contributed by atoms with Gasteiger partial charge in [0, 0.05) is 13.6 Å². The van der Waals surface area contributed by atoms with Gasteiger partial charge in [-0.1, -0.05) is 71.9 Å². The largest absolute Gasteiger partial charge is 0.467 e. The maximum Gasteiger partial charge on any atom is 0.408 e. The highest BCUT2D eigenvalue weighted by Gasteiger charge is 2.42. The van der Waals surface area contributed by atoms with Crippen LogP contribution in [0.15, 0.2) is 30.3 Å². The van der Waals surface area contributed by atoms with Crippen LogP contribution in [0.4, 0.5) is 4.79 Å². The number of carbonyl (C=O) groups is 5. The monoisotopic (exact) mass is 574 g/mol. The summed E-state index contributed by atoms with van der Waals surface area (Å²) in [5.41, 5.74) is 0.808. The van der Waals surface area contributed by atoms with E-state index >= 15 is 0 Å². The highest BCUT2D eigenvalue weighted by Crippen LogP contribution is 2.24. The standard InChI is InChI=1S/C30H46N4O7/c1-18(2)23(32-30(39)41-17-21-13-10-9-11-14-21)26(35)31-24(19(3)4)27(36)33(7)25(20(5)6)28(37)34-16-12-15-22(34)29(38)40-8/h9-11,13-14,18-20,22-25H,12,15-17H2,1-8H3,(H,31,35)(H,32,39)/t22-,23-,24-,25-/m0/s1. The summed E-state index contributed by atoms with van der Waals surface area (Å²) in [4.78, 5) is 68.4. The van der Waals surface area contributed by atoms with Gasteiger partial charge in [-0.05, 0) is 36.2 Å². The predicted molar refractivity (Wildman–Crippen MR) is 153 cm³/mol. The van der Waals surface area contributed by atoms with Crippen molar-refractivity contribution in [3.63, 3.8) is 0 Å². The number of ether oxygens (including phenoxy) is 2. The van der Waals surface area contributed by atoms with Crippen LogP contribution in [0.1, 0.15) is 59.9 Å². The summed E-state index contributed by atoms with van der Waals surface area (Å²) in [6.45, 7) is 11.3. The van der Waals surface area contributed by atoms with Gasteiger partial charge in [0.2, 0.25) is 17.7 Å². The number of amides is 4. The molecule has 1 fully saturated rings. The molecule has 41 heavy (non-hydrogen) atoms. The van der Waals surface area contributed by atoms with Crippen molar-refractivity contribution in [2.45, 2.75) is 85.2 Å². The number of benzene rings is 1. The molecule has 0 spiro atoms. The van der Waals surface area contributed by atoms with Crippen LogP contribution in [0.5, 0.6) is 0 Å². The first kappa shape index (κ1) is 33.6. The first-order chi connectivity index (χ1) is 19.3. The van der Waals surface area contributed by atoms with E-state index in [1.54, 1.807) is 27.7 Å². The van der Waals surface area contributed by atoms with Crippen LogP contribution < -0.4 is 10.6 Å². The molecule has 1 aromatic rings. The van der Waals surface area contributed by atoms with E-state index in [1.165, 1.54) is 24.0 Å². The first-order valence-corrected chi connectivity index (χ1v) is 14.2. The number of nitrogens with one attached hydrogen (secondary N) is 2. The molecule has 2 rings (SSSR count). The highest BCUT2D eigenvalue weighted by atomic mass is 16.5. The molecule has 1 aliphatic heterocycles. The fourth-order valence-corrected chi connectivity index (χ4v) is 5.02. The Hall–Kier alpha value is -3.63. The van der Waals surface area contributed by atoms with Crippen LogP contribution >= 0.6 is 0 Å². The van der Waals surface area contributed by atoms with Gasteiger partial charge in [-0.15, -0.1) is 0 Å². The van der Waals surface area contributed by atoms with Crippen molar-refractivity contribution in [2.75, 3.05) is 20.7 Å². The number of hydrogen-bond donors (Lipinski definition) is 2. The van der Waals surface area contributed by atoms with E-state index in [1.807, 2.05) is 44.2 Å². The molecule has 1 saturated heterocycles. The molecule has 4 atom stereocenters. The number of hydrogen-bond acceptors (Lipinski definition) is 7. The second-order valence-electron chi connectivity index (χ2n) is 11.5. The Morgan fingerprint density at radius 1 is 0.927 bits per heavy atom. The van der Waals surface area contributed by atoms with E-state index in [-0.39, 0.29) is 30.3 Å². The third-order valence-corrected chi connectivity index (χ3v) is 7.32. The molecule has 228 valence electrons. The predicted octanol–water partition coefficient (Wildman–Crippen LogP) is 2.73. The molecule has 1 heterocycles. The van der Waals surface area contributed by atoms with Crippen LogP contribution in [-0.2, 0) is 35.3 Å². The van der Waals surface area contributed by atoms with E-state index in [0.717, 1.165) is 5.56 Å². The molecule has 0 aromatic heterocycles. The lowest BCUT2D eigenvalue weighted by atomic mass is 9.96. The molecule has 4 amide bonds. The quantitative estimate of drug-likeness (QED) is 0.367. The molecule has 0 bridgehead atoms. The summed E-state index contributed by atoms with van der Waals surface area (Å²) in [5, 5.41) is 5.41. The smallest absolute Gasteiger partial charge is 0.408 e. The SMILES string of the molecule is COC(=O)[C@@H]1CCCN1C(=O)[C@H](C(C)C)N(C)C(=O)[C@@H](NC(=O)[C@@H](NC(=O)OCc1ccccc1)C(C)C)C(C)C. The van der Waals surface area contributed by atoms with Crippen molar-refractivity contribution in [3.8, 4) is 0 Å². The topological polar surface area (TPSA) is 134 Å². The van der Waals surface area contributed by atoms with Gasteiger partial charge in [-0.3, -0.25) is 14.4 Å². The van der Waals surface area contributed by atoms with E-state index in [0.29, 0.717) is 19.4 Å². The van der Waals surface area contributed by atoms with Crippen LogP contribution in [0.2, 0.25) is 0 Å². The fraction of sp³-hybridized carbons (Fsp3) is 0.633. The number of likely N-dealkylation sites (N-methyl/N-ethyl adjacent to an activating group) is 1. The number of alkyl carbamates (subject to hydrolysis) is 1. The van der Waals surface area contributed by atoms with E-state index in [2.05, 4.69) is 10.6 Å². The second kappa shape index (κ2) is 15.4. The molecule has 1 aromatic carbocycles. The Morgan fingerprint density at radius 3 is 2.07 bits per heavy atom. The van der Waals surface area contributed by atoms with E-state index in [4.69, 9.17) is 9.47 Å². The van der Waals surface area contributed by atoms with Crippen LogP contribution in [0.25, 0.3) is 0 Å². The minimum Gasteiger partial charge on any atom is -0.467 e. The second-order valence-corrected chi connectivity index (χ2v) is 11.5. The van der Waals surface area contributed by atoms with Gasteiger partial charge in [0.05, 0.1) is 7.11 Å². The Bertz CT molecular complexity index is 1060. The average Bonchev–Trinajstić information content (AvgIpc) is 3.42. The van der Waals surface area contributed by atoms with Crippen LogP contribution in [0.3, 0.4) is 0 Å². The zero-order valence-corrected chi connectivity index (χ0v) is 25.5. The number of esters is 1. The normalized spacial score (nSPS) is 17.1. The Labute approximate surface area is 243 Å². The summed E-state index contributed by atoms with van der Waals surface area (Å²) in [6.07, 6.45) is 0.419. The van der Waals surface area contributed by atoms with Crippen molar-refractivity contribution in [1.29, 1.82) is 0 Å². The lowest BCUT2D eigenvalue weighted by Crippen LogP contribution is -2.61. The van der Waals surface area contributed by atoms with Crippen LogP contribution in [-0.4, -0.2) is 84.5 Å². The molecule has 11 heteroatoms. The van der Waals surface area contributed by atoms with Crippen LogP contribution in [0, 0.1) is 17.8 Å². The number of rotatable bonds is 12. The highest BCUT2D eigenvalue weighted by molar-refractivity contribution is 5.95. The van der Waals surface area contributed by atoms with Gasteiger partial charge in [-0.2, -0.15) is 0 Å². The summed E-state index contributed by atoms with van der Waals surface area (Å²) in [7, 11) is 2.83. The number of likely N-dealkylation sites (tertiary alicyclic amines) is 1. The number of methoxy groups -OCH3 is 1. The van der Waals surface area contributed by atoms with Gasteiger partial charge in [0.15, 0.2) is 0 Å². The Kier molecular flexibility index (Phi) is 12.6. The molecular formula is C30H46N4O7. The lowest BCUT2D eigenvalue weighted by molar-refractivity contribution is -0.155. The zero-order chi connectivity index (χ0) is 30.9. The lowest BCUT2D eigenvalue weighted by Gasteiger charge is -2.37. The molecule has 0 aliphatic carbocycles. The number of carbonyl (C=O) groups excluding carboxylic acids is 5. The maximum absolute atomic E-state index is 13.8. The number of nitrogens with zero attached hydrogens (tertiary/aromatic N) is 2. The molecule has 11 nitrogen and oxygen atoms in total. The van der Waals surface area contributed by atoms with E-state index < -0.39 is 48.0 Å². The van der Waals surface area contributed by atoms with Gasteiger partial charge in [-0.25, -0.2) is 9.59 Å². The van der Waals surface area contributed by atoms with E-state index in [9.17, 15) is 24.0 Å². The minimum atomic E-state index is -0.958. The Morgan fingerprint density at radius 2 is 1.54 bits per heavy atom. The third-order valence-electron chi connectivity index (χ3n) is 7.32. The minimum absolute atomic E-state index is 0.0511. The summed E-state index contributed by atoms with van der Waals surface area (Å²) in [6, 6.07) is 5.73. The van der Waals surface area contributed by atoms with Gasteiger partial charge >= 0.3 is 12.1 Å². The molecule has 0 radical (unpaired) electrons. The van der Waals surface area contributed by atoms with Gasteiger partial charge in [0.25, 0.3) is 0 Å². The molecule has 1 aliphatic rings. The van der Waals surface area contributed by atoms with Crippen molar-refractivity contribution in [1.82, 2.24) is 20.4 Å². The van der Waals surface area contributed by atoms with Gasteiger partial charge < -0.3 is 29.9 Å². The molecular weight excluding hydrogens is 528 g/mol. The van der Waals surface area contributed by atoms with Gasteiger partial charge in [0.1, 0.15) is 30.8 Å². The summed E-state index contributed by atoms with van der Waals surface area (Å²) in [5.74, 6) is -2.66. The zero-order valence-electron chi connectivity index (χ0n) is 25.5. The fourth-order valence-electron chi connectivity index (χ4n) is 5.02. The Balaban J connectivity index is 2.15. The molecule has 2 N–H and O–H groups in total. The van der Waals surface area contributed by atoms with Crippen molar-refractivity contribution < 1.29 is 33.4 Å². The molecule has 0 saturated carbocycles. The van der Waals surface area contributed by atoms with Crippen molar-refractivity contribution >= 4 is 29.8 Å². The third kappa shape index (κ3) is 8.93. The maximum atomic E-state index is 13.8.